The lowest BCUT2D eigenvalue weighted by Crippen LogP contribution is -2.27. The first-order chi connectivity index (χ1) is 11.6. The summed E-state index contributed by atoms with van der Waals surface area (Å²) in [5.74, 6) is -0.425. The number of aromatic nitrogens is 1. The van der Waals surface area contributed by atoms with Crippen molar-refractivity contribution in [1.82, 2.24) is 9.29 Å². The molecule has 0 fully saturated rings. The highest BCUT2D eigenvalue weighted by Crippen LogP contribution is 2.29. The molecule has 0 saturated heterocycles. The number of aliphatic hydroxyl groups excluding tert-OH is 1. The summed E-state index contributed by atoms with van der Waals surface area (Å²) in [6.45, 7) is 0.0231. The molecule has 138 valence electrons. The average molecular weight is 376 g/mol. The van der Waals surface area contributed by atoms with Crippen LogP contribution in [0.5, 0.6) is 0 Å². The lowest BCUT2D eigenvalue weighted by molar-refractivity contribution is -0.137. The van der Waals surface area contributed by atoms with E-state index in [0.717, 1.165) is 24.3 Å². The van der Waals surface area contributed by atoms with Crippen molar-refractivity contribution in [3.05, 3.63) is 59.4 Å². The van der Waals surface area contributed by atoms with Crippen molar-refractivity contribution in [3.63, 3.8) is 0 Å². The van der Waals surface area contributed by atoms with E-state index >= 15 is 0 Å². The summed E-state index contributed by atoms with van der Waals surface area (Å²) in [7, 11) is -1.94. The number of sulfonamides is 1. The Balaban J connectivity index is 1.88. The van der Waals surface area contributed by atoms with Crippen LogP contribution in [0, 0.1) is 0 Å². The first-order valence-corrected chi connectivity index (χ1v) is 9.16. The highest BCUT2D eigenvalue weighted by Gasteiger charge is 2.30. The van der Waals surface area contributed by atoms with Crippen LogP contribution in [0.3, 0.4) is 0 Å². The number of alkyl halides is 3. The fourth-order valence-corrected chi connectivity index (χ4v) is 3.54. The molecule has 1 atom stereocenters. The normalized spacial score (nSPS) is 13.8. The summed E-state index contributed by atoms with van der Waals surface area (Å²) in [5.41, 5.74) is 0.0951. The van der Waals surface area contributed by atoms with Gasteiger partial charge in [-0.05, 0) is 36.2 Å². The fourth-order valence-electron chi connectivity index (χ4n) is 2.38. The predicted molar refractivity (Wildman–Crippen MR) is 87.1 cm³/mol. The van der Waals surface area contributed by atoms with Crippen molar-refractivity contribution in [1.29, 1.82) is 0 Å². The first-order valence-electron chi connectivity index (χ1n) is 7.51. The number of rotatable bonds is 7. The number of aryl methyl sites for hydroxylation is 1. The summed E-state index contributed by atoms with van der Waals surface area (Å²) in [6.07, 6.45) is -3.31. The summed E-state index contributed by atoms with van der Waals surface area (Å²) < 4.78 is 65.5. The zero-order valence-corrected chi connectivity index (χ0v) is 14.3. The minimum Gasteiger partial charge on any atom is -0.387 e. The molecule has 2 rings (SSSR count). The second-order valence-electron chi connectivity index (χ2n) is 5.70. The lowest BCUT2D eigenvalue weighted by Gasteiger charge is -2.13. The van der Waals surface area contributed by atoms with Crippen LogP contribution in [-0.2, 0) is 29.0 Å². The minimum atomic E-state index is -4.46. The molecule has 0 aliphatic carbocycles. The van der Waals surface area contributed by atoms with Gasteiger partial charge in [0.25, 0.3) is 0 Å². The van der Waals surface area contributed by atoms with Crippen molar-refractivity contribution in [2.24, 2.45) is 7.05 Å². The molecular formula is C16H19F3N2O3S. The highest BCUT2D eigenvalue weighted by molar-refractivity contribution is 7.88. The van der Waals surface area contributed by atoms with Crippen LogP contribution in [0.4, 0.5) is 13.2 Å². The molecule has 1 unspecified atom stereocenters. The Labute approximate surface area is 144 Å². The summed E-state index contributed by atoms with van der Waals surface area (Å²) >= 11 is 0. The smallest absolute Gasteiger partial charge is 0.387 e. The van der Waals surface area contributed by atoms with Gasteiger partial charge in [0.1, 0.15) is 0 Å². The van der Waals surface area contributed by atoms with Crippen LogP contribution in [-0.4, -0.2) is 24.6 Å². The van der Waals surface area contributed by atoms with E-state index in [0.29, 0.717) is 5.69 Å². The van der Waals surface area contributed by atoms with Gasteiger partial charge in [0, 0.05) is 25.5 Å². The zero-order valence-electron chi connectivity index (χ0n) is 13.5. The van der Waals surface area contributed by atoms with Crippen LogP contribution in [0.2, 0.25) is 0 Å². The SMILES string of the molecule is Cn1cccc1C(O)CCNS(=O)(=O)Cc1ccc(C(F)(F)F)cc1. The van der Waals surface area contributed by atoms with E-state index in [1.165, 1.54) is 0 Å². The van der Waals surface area contributed by atoms with Crippen LogP contribution < -0.4 is 4.72 Å². The number of nitrogens with one attached hydrogen (secondary N) is 1. The van der Waals surface area contributed by atoms with Gasteiger partial charge in [0.2, 0.25) is 10.0 Å². The Kier molecular flexibility index (Phi) is 5.91. The van der Waals surface area contributed by atoms with E-state index in [2.05, 4.69) is 4.72 Å². The van der Waals surface area contributed by atoms with Gasteiger partial charge in [0.05, 0.1) is 17.4 Å². The van der Waals surface area contributed by atoms with Crippen LogP contribution in [0.15, 0.2) is 42.6 Å². The van der Waals surface area contributed by atoms with Gasteiger partial charge in [-0.25, -0.2) is 13.1 Å². The van der Waals surface area contributed by atoms with Gasteiger partial charge in [-0.1, -0.05) is 12.1 Å². The Hall–Kier alpha value is -1.84. The average Bonchev–Trinajstić information content (AvgIpc) is 2.92. The van der Waals surface area contributed by atoms with Crippen molar-refractivity contribution in [2.45, 2.75) is 24.5 Å². The van der Waals surface area contributed by atoms with Crippen molar-refractivity contribution in [3.8, 4) is 0 Å². The largest absolute Gasteiger partial charge is 0.416 e. The number of hydrogen-bond donors (Lipinski definition) is 2. The van der Waals surface area contributed by atoms with Gasteiger partial charge in [-0.15, -0.1) is 0 Å². The predicted octanol–water partition coefficient (Wildman–Crippen LogP) is 2.59. The van der Waals surface area contributed by atoms with E-state index in [-0.39, 0.29) is 18.5 Å². The maximum absolute atomic E-state index is 12.5. The molecular weight excluding hydrogens is 357 g/mol. The van der Waals surface area contributed by atoms with Crippen molar-refractivity contribution < 1.29 is 26.7 Å². The number of halogens is 3. The zero-order chi connectivity index (χ0) is 18.7. The van der Waals surface area contributed by atoms with Crippen LogP contribution >= 0.6 is 0 Å². The van der Waals surface area contributed by atoms with Crippen molar-refractivity contribution in [2.75, 3.05) is 6.54 Å². The van der Waals surface area contributed by atoms with Gasteiger partial charge in [-0.3, -0.25) is 0 Å². The third kappa shape index (κ3) is 5.58. The maximum atomic E-state index is 12.5. The molecule has 9 heteroatoms. The summed E-state index contributed by atoms with van der Waals surface area (Å²) in [5, 5.41) is 10.0. The molecule has 0 saturated carbocycles. The molecule has 0 amide bonds. The molecule has 2 N–H and O–H groups in total. The van der Waals surface area contributed by atoms with Gasteiger partial charge in [-0.2, -0.15) is 13.2 Å². The Morgan fingerprint density at radius 2 is 1.84 bits per heavy atom. The molecule has 1 aromatic carbocycles. The Morgan fingerprint density at radius 3 is 2.36 bits per heavy atom. The lowest BCUT2D eigenvalue weighted by atomic mass is 10.1. The standard InChI is InChI=1S/C16H19F3N2O3S/c1-21-10-2-3-14(21)15(22)8-9-20-25(23,24)11-12-4-6-13(7-5-12)16(17,18)19/h2-7,10,15,20,22H,8-9,11H2,1H3. The monoisotopic (exact) mass is 376 g/mol. The second kappa shape index (κ2) is 7.59. The van der Waals surface area contributed by atoms with Crippen LogP contribution in [0.25, 0.3) is 0 Å². The van der Waals surface area contributed by atoms with E-state index in [4.69, 9.17) is 0 Å². The third-order valence-corrected chi connectivity index (χ3v) is 5.06. The van der Waals surface area contributed by atoms with Crippen LogP contribution in [0.1, 0.15) is 29.3 Å². The molecule has 5 nitrogen and oxygen atoms in total. The number of aliphatic hydroxyl groups is 1. The minimum absolute atomic E-state index is 0.0231. The number of benzene rings is 1. The van der Waals surface area contributed by atoms with E-state index < -0.39 is 33.6 Å². The summed E-state index contributed by atoms with van der Waals surface area (Å²) in [6, 6.07) is 7.49. The Bertz CT molecular complexity index is 799. The summed E-state index contributed by atoms with van der Waals surface area (Å²) in [4.78, 5) is 0. The van der Waals surface area contributed by atoms with Gasteiger partial charge in [0.15, 0.2) is 0 Å². The Morgan fingerprint density at radius 1 is 1.20 bits per heavy atom. The number of hydrogen-bond acceptors (Lipinski definition) is 3. The molecule has 0 spiro atoms. The maximum Gasteiger partial charge on any atom is 0.416 e. The first kappa shape index (κ1) is 19.5. The molecule has 0 aliphatic heterocycles. The quantitative estimate of drug-likeness (QED) is 0.780. The van der Waals surface area contributed by atoms with E-state index in [1.54, 1.807) is 29.9 Å². The highest BCUT2D eigenvalue weighted by atomic mass is 32.2. The molecule has 1 heterocycles. The van der Waals surface area contributed by atoms with E-state index in [9.17, 15) is 26.7 Å². The number of nitrogens with zero attached hydrogens (tertiary/aromatic N) is 1. The van der Waals surface area contributed by atoms with E-state index in [1.807, 2.05) is 0 Å². The van der Waals surface area contributed by atoms with Gasteiger partial charge >= 0.3 is 6.18 Å². The topological polar surface area (TPSA) is 71.3 Å². The third-order valence-electron chi connectivity index (χ3n) is 3.70. The van der Waals surface area contributed by atoms with Gasteiger partial charge < -0.3 is 9.67 Å². The molecule has 0 aliphatic rings. The molecule has 2 aromatic rings. The fraction of sp³-hybridized carbons (Fsp3) is 0.375. The molecule has 0 bridgehead atoms. The van der Waals surface area contributed by atoms with Crippen molar-refractivity contribution >= 4 is 10.0 Å². The molecule has 25 heavy (non-hydrogen) atoms. The molecule has 1 aromatic heterocycles. The molecule has 0 radical (unpaired) electrons. The second-order valence-corrected chi connectivity index (χ2v) is 7.50.